The fourth-order valence-corrected chi connectivity index (χ4v) is 1.63. The molecule has 0 saturated carbocycles. The molecular weight excluding hydrogens is 318 g/mol. The van der Waals surface area contributed by atoms with Crippen LogP contribution in [0.1, 0.15) is 13.8 Å². The quantitative estimate of drug-likeness (QED) is 0.327. The van der Waals surface area contributed by atoms with E-state index < -0.39 is 23.9 Å². The van der Waals surface area contributed by atoms with E-state index in [1.165, 1.54) is 38.3 Å². The first-order valence-electron chi connectivity index (χ1n) is 7.07. The Bertz CT molecular complexity index is 622. The van der Waals surface area contributed by atoms with E-state index in [0.29, 0.717) is 0 Å². The third-order valence-corrected chi connectivity index (χ3v) is 2.72. The minimum atomic E-state index is -1.46. The molecule has 0 saturated heterocycles. The Hall–Kier alpha value is -3.03. The lowest BCUT2D eigenvalue weighted by molar-refractivity contribution is -0.153. The number of carbonyl (C=O) groups excluding carboxylic acids is 3. The average Bonchev–Trinajstić information content (AvgIpc) is 2.54. The highest BCUT2D eigenvalue weighted by atomic mass is 16.6. The second-order valence-corrected chi connectivity index (χ2v) is 4.59. The van der Waals surface area contributed by atoms with Crippen molar-refractivity contribution in [2.75, 3.05) is 13.7 Å². The molecule has 2 N–H and O–H groups in total. The number of phenolic OH excluding ortho intramolecular Hbond substituents is 1. The molecule has 0 spiro atoms. The Morgan fingerprint density at radius 2 is 1.83 bits per heavy atom. The largest absolute Gasteiger partial charge is 0.508 e. The van der Waals surface area contributed by atoms with Crippen molar-refractivity contribution in [2.24, 2.45) is 0 Å². The number of carbonyl (C=O) groups is 3. The Labute approximate surface area is 139 Å². The molecule has 0 bridgehead atoms. The highest BCUT2D eigenvalue weighted by Crippen LogP contribution is 2.16. The molecule has 8 nitrogen and oxygen atoms in total. The molecule has 0 aliphatic heterocycles. The SMILES string of the molecule is CCOC(=O)C(NC(C)=CC(=O)OC)C(=O)Oc1ccc(O)cc1. The van der Waals surface area contributed by atoms with Crippen molar-refractivity contribution in [1.82, 2.24) is 5.32 Å². The van der Waals surface area contributed by atoms with Gasteiger partial charge in [0, 0.05) is 11.8 Å². The fraction of sp³-hybridized carbons (Fsp3) is 0.312. The zero-order chi connectivity index (χ0) is 18.1. The molecule has 130 valence electrons. The maximum atomic E-state index is 12.2. The van der Waals surface area contributed by atoms with E-state index in [9.17, 15) is 19.5 Å². The predicted octanol–water partition coefficient (Wildman–Crippen LogP) is 0.896. The number of ether oxygens (including phenoxy) is 3. The van der Waals surface area contributed by atoms with Crippen LogP contribution in [0.25, 0.3) is 0 Å². The monoisotopic (exact) mass is 337 g/mol. The smallest absolute Gasteiger partial charge is 0.345 e. The van der Waals surface area contributed by atoms with Crippen LogP contribution in [0.2, 0.25) is 0 Å². The number of methoxy groups -OCH3 is 1. The van der Waals surface area contributed by atoms with Crippen LogP contribution in [0.3, 0.4) is 0 Å². The summed E-state index contributed by atoms with van der Waals surface area (Å²) in [5.74, 6) is -2.26. The second-order valence-electron chi connectivity index (χ2n) is 4.59. The van der Waals surface area contributed by atoms with Gasteiger partial charge >= 0.3 is 17.9 Å². The maximum Gasteiger partial charge on any atom is 0.345 e. The van der Waals surface area contributed by atoms with Gasteiger partial charge in [-0.2, -0.15) is 0 Å². The van der Waals surface area contributed by atoms with Crippen molar-refractivity contribution >= 4 is 17.9 Å². The van der Waals surface area contributed by atoms with E-state index in [-0.39, 0.29) is 23.8 Å². The summed E-state index contributed by atoms with van der Waals surface area (Å²) in [6, 6.07) is 3.94. The summed E-state index contributed by atoms with van der Waals surface area (Å²) in [6.45, 7) is 3.15. The third kappa shape index (κ3) is 5.99. The van der Waals surface area contributed by atoms with Crippen LogP contribution in [0, 0.1) is 0 Å². The summed E-state index contributed by atoms with van der Waals surface area (Å²) in [5.41, 5.74) is 0.225. The molecule has 0 aromatic heterocycles. The lowest BCUT2D eigenvalue weighted by Gasteiger charge is -2.17. The predicted molar refractivity (Wildman–Crippen MR) is 83.1 cm³/mol. The molecule has 1 unspecified atom stereocenters. The number of rotatable bonds is 7. The van der Waals surface area contributed by atoms with Crippen molar-refractivity contribution in [3.8, 4) is 11.5 Å². The Kier molecular flexibility index (Phi) is 7.28. The van der Waals surface area contributed by atoms with E-state index >= 15 is 0 Å². The van der Waals surface area contributed by atoms with Crippen molar-refractivity contribution in [3.05, 3.63) is 36.0 Å². The number of hydrogen-bond acceptors (Lipinski definition) is 8. The Balaban J connectivity index is 2.89. The topological polar surface area (TPSA) is 111 Å². The lowest BCUT2D eigenvalue weighted by atomic mass is 10.2. The average molecular weight is 337 g/mol. The molecule has 0 fully saturated rings. The minimum Gasteiger partial charge on any atom is -0.508 e. The molecular formula is C16H19NO7. The molecule has 0 heterocycles. The normalized spacial score (nSPS) is 12.0. The van der Waals surface area contributed by atoms with Gasteiger partial charge in [-0.25, -0.2) is 14.4 Å². The van der Waals surface area contributed by atoms with E-state index in [1.54, 1.807) is 6.92 Å². The van der Waals surface area contributed by atoms with Crippen LogP contribution in [-0.4, -0.2) is 42.8 Å². The number of hydrogen-bond donors (Lipinski definition) is 2. The molecule has 0 amide bonds. The molecule has 0 aliphatic rings. The molecule has 1 aromatic carbocycles. The van der Waals surface area contributed by atoms with Crippen LogP contribution in [-0.2, 0) is 23.9 Å². The van der Waals surface area contributed by atoms with E-state index in [2.05, 4.69) is 10.1 Å². The van der Waals surface area contributed by atoms with Gasteiger partial charge < -0.3 is 24.6 Å². The summed E-state index contributed by atoms with van der Waals surface area (Å²) >= 11 is 0. The molecule has 1 atom stereocenters. The summed E-state index contributed by atoms with van der Waals surface area (Å²) < 4.78 is 14.4. The number of benzene rings is 1. The standard InChI is InChI=1S/C16H19NO7/c1-4-23-15(20)14(17-10(2)9-13(19)22-3)16(21)24-12-7-5-11(18)6-8-12/h5-9,14,17-18H,4H2,1-3H3. The molecule has 1 rings (SSSR count). The summed E-state index contributed by atoms with van der Waals surface area (Å²) in [5, 5.41) is 11.8. The van der Waals surface area contributed by atoms with Crippen LogP contribution < -0.4 is 10.1 Å². The van der Waals surface area contributed by atoms with Crippen molar-refractivity contribution in [1.29, 1.82) is 0 Å². The Morgan fingerprint density at radius 1 is 1.21 bits per heavy atom. The number of phenols is 1. The van der Waals surface area contributed by atoms with Crippen molar-refractivity contribution in [3.63, 3.8) is 0 Å². The highest BCUT2D eigenvalue weighted by Gasteiger charge is 2.30. The maximum absolute atomic E-state index is 12.2. The summed E-state index contributed by atoms with van der Waals surface area (Å²) in [7, 11) is 1.20. The van der Waals surface area contributed by atoms with Gasteiger partial charge in [-0.05, 0) is 38.1 Å². The van der Waals surface area contributed by atoms with Crippen molar-refractivity contribution < 1.29 is 33.7 Å². The van der Waals surface area contributed by atoms with Gasteiger partial charge in [0.05, 0.1) is 13.7 Å². The first kappa shape index (κ1) is 19.0. The number of nitrogens with one attached hydrogen (secondary N) is 1. The molecule has 8 heteroatoms. The van der Waals surface area contributed by atoms with Crippen LogP contribution in [0.15, 0.2) is 36.0 Å². The second kappa shape index (κ2) is 9.19. The zero-order valence-electron chi connectivity index (χ0n) is 13.6. The lowest BCUT2D eigenvalue weighted by Crippen LogP contribution is -2.46. The van der Waals surface area contributed by atoms with E-state index in [0.717, 1.165) is 6.08 Å². The van der Waals surface area contributed by atoms with Crippen molar-refractivity contribution in [2.45, 2.75) is 19.9 Å². The fourth-order valence-electron chi connectivity index (χ4n) is 1.63. The van der Waals surface area contributed by atoms with Gasteiger partial charge in [0.15, 0.2) is 0 Å². The van der Waals surface area contributed by atoms with Gasteiger partial charge in [-0.3, -0.25) is 0 Å². The number of aromatic hydroxyl groups is 1. The number of allylic oxidation sites excluding steroid dienone is 1. The third-order valence-electron chi connectivity index (χ3n) is 2.72. The highest BCUT2D eigenvalue weighted by molar-refractivity contribution is 6.00. The Morgan fingerprint density at radius 3 is 2.38 bits per heavy atom. The summed E-state index contributed by atoms with van der Waals surface area (Å²) in [4.78, 5) is 35.4. The van der Waals surface area contributed by atoms with Gasteiger partial charge in [0.1, 0.15) is 11.5 Å². The zero-order valence-corrected chi connectivity index (χ0v) is 13.6. The van der Waals surface area contributed by atoms with Crippen LogP contribution in [0.5, 0.6) is 11.5 Å². The van der Waals surface area contributed by atoms with E-state index in [4.69, 9.17) is 9.47 Å². The first-order valence-corrected chi connectivity index (χ1v) is 7.07. The van der Waals surface area contributed by atoms with Gasteiger partial charge in [-0.1, -0.05) is 0 Å². The minimum absolute atomic E-state index is 0.00622. The number of esters is 3. The van der Waals surface area contributed by atoms with Gasteiger partial charge in [0.25, 0.3) is 0 Å². The van der Waals surface area contributed by atoms with Crippen LogP contribution in [0.4, 0.5) is 0 Å². The first-order chi connectivity index (χ1) is 11.4. The van der Waals surface area contributed by atoms with Gasteiger partial charge in [-0.15, -0.1) is 0 Å². The molecule has 24 heavy (non-hydrogen) atoms. The summed E-state index contributed by atoms with van der Waals surface area (Å²) in [6.07, 6.45) is 1.08. The van der Waals surface area contributed by atoms with Gasteiger partial charge in [0.2, 0.25) is 6.04 Å². The molecule has 0 radical (unpaired) electrons. The molecule has 0 aliphatic carbocycles. The van der Waals surface area contributed by atoms with E-state index in [1.807, 2.05) is 0 Å². The van der Waals surface area contributed by atoms with Crippen LogP contribution >= 0.6 is 0 Å². The molecule has 1 aromatic rings.